The van der Waals surface area contributed by atoms with E-state index in [1.165, 1.54) is 18.6 Å². The fourth-order valence-electron chi connectivity index (χ4n) is 4.81. The van der Waals surface area contributed by atoms with Gasteiger partial charge in [-0.3, -0.25) is 4.68 Å². The molecular weight excluding hydrogens is 592 g/mol. The van der Waals surface area contributed by atoms with E-state index in [1.54, 1.807) is 29.3 Å². The molecule has 6 rings (SSSR count). The lowest BCUT2D eigenvalue weighted by Crippen LogP contribution is -2.44. The van der Waals surface area contributed by atoms with E-state index >= 15 is 0 Å². The Bertz CT molecular complexity index is 1930. The van der Waals surface area contributed by atoms with Gasteiger partial charge >= 0.3 is 0 Å². The molecule has 4 aromatic heterocycles. The number of rotatable bonds is 8. The fraction of sp³-hybridized carbons (Fsp3) is 0.370. The quantitative estimate of drug-likeness (QED) is 0.273. The van der Waals surface area contributed by atoms with Crippen LogP contribution in [0, 0.1) is 11.8 Å². The van der Waals surface area contributed by atoms with Crippen molar-refractivity contribution in [3.8, 4) is 23.2 Å². The molecule has 0 unspecified atom stereocenters. The van der Waals surface area contributed by atoms with Gasteiger partial charge in [0.2, 0.25) is 10.0 Å². The van der Waals surface area contributed by atoms with Gasteiger partial charge < -0.3 is 10.2 Å². The summed E-state index contributed by atoms with van der Waals surface area (Å²) in [5.41, 5.74) is 2.82. The van der Waals surface area contributed by atoms with Crippen molar-refractivity contribution < 1.29 is 16.8 Å². The molecule has 43 heavy (non-hydrogen) atoms. The summed E-state index contributed by atoms with van der Waals surface area (Å²) in [7, 11) is -4.96. The molecular formula is C27H30N10O4S2. The molecule has 5 heterocycles. The van der Waals surface area contributed by atoms with Crippen molar-refractivity contribution in [3.63, 3.8) is 0 Å². The summed E-state index contributed by atoms with van der Waals surface area (Å²) >= 11 is 0. The lowest BCUT2D eigenvalue weighted by Gasteiger charge is -2.34. The van der Waals surface area contributed by atoms with Gasteiger partial charge in [-0.25, -0.2) is 36.5 Å². The average molecular weight is 623 g/mol. The van der Waals surface area contributed by atoms with Crippen molar-refractivity contribution in [1.29, 1.82) is 0 Å². The second-order valence-electron chi connectivity index (χ2n) is 10.6. The molecule has 224 valence electrons. The standard InChI is InChI=1S/C27H30N10O4S2/c1-35-17-19(14-30-35)3-4-20-15-29-26(13-24(20)36-11-8-22(9-12-36)34-42(2,38)39)32-25-7-10-28-27(33-25)21-16-31-37(18-21)43(40,41)23-5-6-23/h7,10,13-18,22-23,34H,5-6,8-9,11-12H2,1-2H3,(H,28,29,32,33). The van der Waals surface area contributed by atoms with Crippen LogP contribution in [0.2, 0.25) is 0 Å². The van der Waals surface area contributed by atoms with Crippen molar-refractivity contribution >= 4 is 37.4 Å². The first-order valence-corrected chi connectivity index (χ1v) is 17.1. The fourth-order valence-corrected chi connectivity index (χ4v) is 7.13. The Morgan fingerprint density at radius 2 is 1.72 bits per heavy atom. The predicted octanol–water partition coefficient (Wildman–Crippen LogP) is 1.47. The number of hydrogen-bond acceptors (Lipinski definition) is 11. The zero-order valence-corrected chi connectivity index (χ0v) is 25.2. The van der Waals surface area contributed by atoms with Gasteiger partial charge in [-0.2, -0.15) is 14.3 Å². The number of nitrogens with zero attached hydrogens (tertiary/aromatic N) is 8. The number of nitrogens with one attached hydrogen (secondary N) is 2. The molecule has 2 N–H and O–H groups in total. The van der Waals surface area contributed by atoms with Crippen LogP contribution in [0.4, 0.5) is 17.3 Å². The number of sulfonamides is 1. The Morgan fingerprint density at radius 1 is 0.930 bits per heavy atom. The number of piperidine rings is 1. The van der Waals surface area contributed by atoms with Crippen molar-refractivity contribution in [2.75, 3.05) is 29.6 Å². The van der Waals surface area contributed by atoms with Gasteiger partial charge in [0.1, 0.15) is 11.6 Å². The maximum Gasteiger partial charge on any atom is 0.256 e. The molecule has 2 aliphatic rings. The summed E-state index contributed by atoms with van der Waals surface area (Å²) in [6, 6.07) is 3.45. The Kier molecular flexibility index (Phi) is 7.63. The van der Waals surface area contributed by atoms with E-state index in [0.717, 1.165) is 20.9 Å². The average Bonchev–Trinajstić information content (AvgIpc) is 3.57. The number of aryl methyl sites for hydroxylation is 1. The number of hydrogen-bond donors (Lipinski definition) is 2. The van der Waals surface area contributed by atoms with Gasteiger partial charge in [0.05, 0.1) is 52.5 Å². The minimum Gasteiger partial charge on any atom is -0.370 e. The Balaban J connectivity index is 1.25. The minimum atomic E-state index is -3.50. The van der Waals surface area contributed by atoms with Gasteiger partial charge in [0, 0.05) is 50.8 Å². The topological polar surface area (TPSA) is 170 Å². The molecule has 0 atom stereocenters. The van der Waals surface area contributed by atoms with Crippen molar-refractivity contribution in [2.24, 2.45) is 7.05 Å². The maximum absolute atomic E-state index is 12.5. The SMILES string of the molecule is Cn1cc(C#Cc2cnc(Nc3ccnc(-c4cnn(S(=O)(=O)C5CC5)c4)n3)cc2N2CCC(NS(C)(=O)=O)CC2)cn1. The summed E-state index contributed by atoms with van der Waals surface area (Å²) in [4.78, 5) is 15.6. The third-order valence-electron chi connectivity index (χ3n) is 7.08. The number of aromatic nitrogens is 7. The van der Waals surface area contributed by atoms with Crippen LogP contribution in [0.25, 0.3) is 11.4 Å². The van der Waals surface area contributed by atoms with E-state index in [4.69, 9.17) is 0 Å². The summed E-state index contributed by atoms with van der Waals surface area (Å²) in [5, 5.41) is 11.0. The minimum absolute atomic E-state index is 0.126. The first-order valence-electron chi connectivity index (χ1n) is 13.7. The summed E-state index contributed by atoms with van der Waals surface area (Å²) < 4.78 is 53.9. The molecule has 1 aliphatic carbocycles. The second kappa shape index (κ2) is 11.4. The van der Waals surface area contributed by atoms with Crippen molar-refractivity contribution in [3.05, 3.63) is 60.4 Å². The molecule has 1 aliphatic heterocycles. The largest absolute Gasteiger partial charge is 0.370 e. The first-order chi connectivity index (χ1) is 20.5. The van der Waals surface area contributed by atoms with E-state index in [2.05, 4.69) is 51.9 Å². The highest BCUT2D eigenvalue weighted by atomic mass is 32.2. The monoisotopic (exact) mass is 622 g/mol. The van der Waals surface area contributed by atoms with Crippen LogP contribution in [-0.4, -0.2) is 81.4 Å². The maximum atomic E-state index is 12.5. The predicted molar refractivity (Wildman–Crippen MR) is 161 cm³/mol. The number of anilines is 3. The Labute approximate surface area is 249 Å². The zero-order valence-electron chi connectivity index (χ0n) is 23.5. The van der Waals surface area contributed by atoms with E-state index in [0.29, 0.717) is 61.8 Å². The molecule has 0 spiro atoms. The van der Waals surface area contributed by atoms with Crippen LogP contribution in [0.15, 0.2) is 49.3 Å². The molecule has 0 amide bonds. The third kappa shape index (κ3) is 6.85. The van der Waals surface area contributed by atoms with Crippen LogP contribution in [0.5, 0.6) is 0 Å². The van der Waals surface area contributed by atoms with Gasteiger partial charge in [0.25, 0.3) is 10.0 Å². The molecule has 0 aromatic carbocycles. The normalized spacial score (nSPS) is 16.1. The van der Waals surface area contributed by atoms with E-state index in [-0.39, 0.29) is 11.3 Å². The summed E-state index contributed by atoms with van der Waals surface area (Å²) in [5.74, 6) is 7.65. The lowest BCUT2D eigenvalue weighted by atomic mass is 10.0. The van der Waals surface area contributed by atoms with Crippen LogP contribution >= 0.6 is 0 Å². The molecule has 16 heteroatoms. The number of pyridine rings is 1. The Hall–Kier alpha value is -4.33. The van der Waals surface area contributed by atoms with Gasteiger partial charge in [-0.05, 0) is 31.7 Å². The van der Waals surface area contributed by atoms with Crippen molar-refractivity contribution in [2.45, 2.75) is 37.0 Å². The van der Waals surface area contributed by atoms with Crippen LogP contribution in [-0.2, 0) is 27.1 Å². The molecule has 1 saturated carbocycles. The second-order valence-corrected chi connectivity index (χ2v) is 14.5. The Morgan fingerprint density at radius 3 is 2.42 bits per heavy atom. The van der Waals surface area contributed by atoms with E-state index < -0.39 is 20.0 Å². The molecule has 0 bridgehead atoms. The third-order valence-corrected chi connectivity index (χ3v) is 9.88. The summed E-state index contributed by atoms with van der Waals surface area (Å²) in [6.45, 7) is 1.26. The van der Waals surface area contributed by atoms with E-state index in [1.807, 2.05) is 19.3 Å². The van der Waals surface area contributed by atoms with Gasteiger partial charge in [0.15, 0.2) is 5.82 Å². The molecule has 4 aromatic rings. The molecule has 2 fully saturated rings. The highest BCUT2D eigenvalue weighted by molar-refractivity contribution is 7.90. The molecule has 1 saturated heterocycles. The highest BCUT2D eigenvalue weighted by Crippen LogP contribution is 2.31. The van der Waals surface area contributed by atoms with Crippen LogP contribution < -0.4 is 14.9 Å². The first kappa shape index (κ1) is 28.8. The van der Waals surface area contributed by atoms with Gasteiger partial charge in [-0.1, -0.05) is 11.8 Å². The van der Waals surface area contributed by atoms with E-state index in [9.17, 15) is 16.8 Å². The van der Waals surface area contributed by atoms with Crippen molar-refractivity contribution in [1.82, 2.24) is 38.6 Å². The molecule has 14 nitrogen and oxygen atoms in total. The summed E-state index contributed by atoms with van der Waals surface area (Å²) in [6.07, 6.45) is 13.4. The van der Waals surface area contributed by atoms with Crippen LogP contribution in [0.1, 0.15) is 36.8 Å². The molecule has 0 radical (unpaired) electrons. The lowest BCUT2D eigenvalue weighted by molar-refractivity contribution is 0.461. The van der Waals surface area contributed by atoms with Gasteiger partial charge in [-0.15, -0.1) is 0 Å². The van der Waals surface area contributed by atoms with Crippen LogP contribution in [0.3, 0.4) is 0 Å². The smallest absolute Gasteiger partial charge is 0.256 e. The highest BCUT2D eigenvalue weighted by Gasteiger charge is 2.37. The zero-order chi connectivity index (χ0) is 30.2.